The maximum absolute atomic E-state index is 12.9. The summed E-state index contributed by atoms with van der Waals surface area (Å²) in [6.45, 7) is 0. The minimum absolute atomic E-state index is 0.353. The number of rotatable bonds is 2. The van der Waals surface area contributed by atoms with Gasteiger partial charge in [0.1, 0.15) is 11.4 Å². The normalized spacial score (nSPS) is 12.1. The van der Waals surface area contributed by atoms with Crippen molar-refractivity contribution in [2.75, 3.05) is 5.73 Å². The van der Waals surface area contributed by atoms with Gasteiger partial charge in [-0.2, -0.15) is 0 Å². The molecule has 0 unspecified atom stereocenters. The highest BCUT2D eigenvalue weighted by molar-refractivity contribution is 8.13. The Bertz CT molecular complexity index is 491. The summed E-state index contributed by atoms with van der Waals surface area (Å²) in [5.41, 5.74) is 3.07. The zero-order valence-corrected chi connectivity index (χ0v) is 8.49. The van der Waals surface area contributed by atoms with Crippen molar-refractivity contribution in [1.29, 1.82) is 0 Å². The second kappa shape index (κ2) is 3.86. The van der Waals surface area contributed by atoms with Gasteiger partial charge in [0, 0.05) is 16.7 Å². The van der Waals surface area contributed by atoms with Gasteiger partial charge in [-0.05, 0) is 0 Å². The number of anilines is 1. The lowest BCUT2D eigenvalue weighted by Crippen LogP contribution is -2.07. The average molecular weight is 261 g/mol. The minimum atomic E-state index is -4.45. The molecule has 15 heavy (non-hydrogen) atoms. The number of nitrogen functional groups attached to an aromatic ring is 1. The summed E-state index contributed by atoms with van der Waals surface area (Å²) in [5.74, 6) is -1.31. The molecule has 1 aromatic heterocycles. The largest absolute Gasteiger partial charge is 0.394 e. The van der Waals surface area contributed by atoms with Gasteiger partial charge in [0.2, 0.25) is 0 Å². The molecule has 4 nitrogen and oxygen atoms in total. The van der Waals surface area contributed by atoms with Gasteiger partial charge in [-0.15, -0.1) is 0 Å². The molecule has 0 saturated heterocycles. The third kappa shape index (κ3) is 2.51. The van der Waals surface area contributed by atoms with Crippen LogP contribution in [0.25, 0.3) is 0 Å². The zero-order chi connectivity index (χ0) is 11.8. The molecular weight excluding hydrogens is 257 g/mol. The summed E-state index contributed by atoms with van der Waals surface area (Å²) in [6, 6.07) is 0.353. The number of pyridine rings is 1. The fourth-order valence-electron chi connectivity index (χ4n) is 0.817. The lowest BCUT2D eigenvalue weighted by atomic mass is 10.3. The Morgan fingerprint density at radius 2 is 2.00 bits per heavy atom. The Labute approximate surface area is 87.3 Å². The number of aromatic nitrogens is 1. The van der Waals surface area contributed by atoms with Crippen molar-refractivity contribution in [2.24, 2.45) is 0 Å². The van der Waals surface area contributed by atoms with Gasteiger partial charge in [0.25, 0.3) is 15.5 Å². The molecule has 1 heterocycles. The standard InChI is InChI=1S/C6H4ClF3N2O2S/c7-15(13,14)6-4(11)2(8)1-3(12-6)5(9)10/h1,5H,11H2. The van der Waals surface area contributed by atoms with Crippen molar-refractivity contribution in [3.05, 3.63) is 17.6 Å². The Balaban J connectivity index is 3.52. The molecule has 0 radical (unpaired) electrons. The first-order chi connectivity index (χ1) is 6.73. The molecule has 9 heteroatoms. The fourth-order valence-corrected chi connectivity index (χ4v) is 1.74. The van der Waals surface area contributed by atoms with Crippen molar-refractivity contribution >= 4 is 25.4 Å². The summed E-state index contributed by atoms with van der Waals surface area (Å²) < 4.78 is 58.8. The lowest BCUT2D eigenvalue weighted by Gasteiger charge is -2.05. The molecule has 0 aromatic carbocycles. The third-order valence-electron chi connectivity index (χ3n) is 1.45. The molecule has 0 amide bonds. The van der Waals surface area contributed by atoms with Crippen molar-refractivity contribution in [3.8, 4) is 0 Å². The molecule has 0 bridgehead atoms. The number of halogens is 4. The minimum Gasteiger partial charge on any atom is -0.394 e. The second-order valence-electron chi connectivity index (χ2n) is 2.49. The Morgan fingerprint density at radius 3 is 2.40 bits per heavy atom. The second-order valence-corrected chi connectivity index (χ2v) is 4.97. The molecule has 0 fully saturated rings. The van der Waals surface area contributed by atoms with Crippen molar-refractivity contribution < 1.29 is 21.6 Å². The fraction of sp³-hybridized carbons (Fsp3) is 0.167. The summed E-state index contributed by atoms with van der Waals surface area (Å²) in [7, 11) is 0.381. The first-order valence-corrected chi connectivity index (χ1v) is 5.73. The highest BCUT2D eigenvalue weighted by atomic mass is 35.7. The van der Waals surface area contributed by atoms with Crippen LogP contribution in [-0.4, -0.2) is 13.4 Å². The molecule has 84 valence electrons. The number of hydrogen-bond acceptors (Lipinski definition) is 4. The van der Waals surface area contributed by atoms with E-state index in [1.165, 1.54) is 0 Å². The molecule has 0 spiro atoms. The number of hydrogen-bond donors (Lipinski definition) is 1. The van der Waals surface area contributed by atoms with Crippen LogP contribution < -0.4 is 5.73 Å². The highest BCUT2D eigenvalue weighted by Gasteiger charge is 2.23. The van der Waals surface area contributed by atoms with E-state index in [2.05, 4.69) is 4.98 Å². The van der Waals surface area contributed by atoms with Crippen LogP contribution in [-0.2, 0) is 9.05 Å². The highest BCUT2D eigenvalue weighted by Crippen LogP contribution is 2.27. The Hall–Kier alpha value is -1.02. The topological polar surface area (TPSA) is 73.0 Å². The van der Waals surface area contributed by atoms with E-state index in [0.717, 1.165) is 0 Å². The van der Waals surface area contributed by atoms with Crippen molar-refractivity contribution in [3.63, 3.8) is 0 Å². The van der Waals surface area contributed by atoms with E-state index in [0.29, 0.717) is 6.07 Å². The first-order valence-electron chi connectivity index (χ1n) is 3.42. The van der Waals surface area contributed by atoms with Crippen LogP contribution in [0.5, 0.6) is 0 Å². The van der Waals surface area contributed by atoms with Gasteiger partial charge in [0.15, 0.2) is 10.8 Å². The van der Waals surface area contributed by atoms with Gasteiger partial charge in [-0.1, -0.05) is 0 Å². The van der Waals surface area contributed by atoms with Crippen LogP contribution in [0.2, 0.25) is 0 Å². The van der Waals surface area contributed by atoms with Gasteiger partial charge in [0.05, 0.1) is 0 Å². The van der Waals surface area contributed by atoms with Gasteiger partial charge in [-0.3, -0.25) is 0 Å². The predicted molar refractivity (Wildman–Crippen MR) is 46.6 cm³/mol. The quantitative estimate of drug-likeness (QED) is 0.821. The number of alkyl halides is 2. The van der Waals surface area contributed by atoms with Crippen LogP contribution in [0.15, 0.2) is 11.1 Å². The van der Waals surface area contributed by atoms with Gasteiger partial charge < -0.3 is 5.73 Å². The molecule has 1 rings (SSSR count). The summed E-state index contributed by atoms with van der Waals surface area (Å²) in [4.78, 5) is 2.97. The molecule has 0 aliphatic heterocycles. The number of nitrogens with zero attached hydrogens (tertiary/aromatic N) is 1. The van der Waals surface area contributed by atoms with Crippen molar-refractivity contribution in [2.45, 2.75) is 11.5 Å². The summed E-state index contributed by atoms with van der Waals surface area (Å²) >= 11 is 0. The van der Waals surface area contributed by atoms with E-state index in [4.69, 9.17) is 16.4 Å². The van der Waals surface area contributed by atoms with Crippen LogP contribution in [0.1, 0.15) is 12.1 Å². The maximum Gasteiger partial charge on any atom is 0.280 e. The predicted octanol–water partition coefficient (Wildman–Crippen LogP) is 1.67. The van der Waals surface area contributed by atoms with Gasteiger partial charge >= 0.3 is 0 Å². The maximum atomic E-state index is 12.9. The molecule has 0 aliphatic carbocycles. The van der Waals surface area contributed by atoms with E-state index in [1.807, 2.05) is 0 Å². The van der Waals surface area contributed by atoms with Crippen LogP contribution in [0.4, 0.5) is 18.9 Å². The van der Waals surface area contributed by atoms with Crippen LogP contribution >= 0.6 is 10.7 Å². The zero-order valence-electron chi connectivity index (χ0n) is 6.92. The Kier molecular flexibility index (Phi) is 3.10. The monoisotopic (exact) mass is 260 g/mol. The van der Waals surface area contributed by atoms with E-state index >= 15 is 0 Å². The SMILES string of the molecule is Nc1c(F)cc(C(F)F)nc1S(=O)(=O)Cl. The van der Waals surface area contributed by atoms with Crippen LogP contribution in [0.3, 0.4) is 0 Å². The van der Waals surface area contributed by atoms with Crippen LogP contribution in [0, 0.1) is 5.82 Å². The molecule has 0 saturated carbocycles. The molecule has 0 aliphatic rings. The van der Waals surface area contributed by atoms with Crippen molar-refractivity contribution in [1.82, 2.24) is 4.98 Å². The summed E-state index contributed by atoms with van der Waals surface area (Å²) in [6.07, 6.45) is -3.11. The van der Waals surface area contributed by atoms with E-state index in [9.17, 15) is 21.6 Å². The van der Waals surface area contributed by atoms with E-state index < -0.39 is 37.7 Å². The van der Waals surface area contributed by atoms with E-state index in [1.54, 1.807) is 0 Å². The lowest BCUT2D eigenvalue weighted by molar-refractivity contribution is 0.145. The third-order valence-corrected chi connectivity index (χ3v) is 2.66. The molecule has 0 atom stereocenters. The molecule has 2 N–H and O–H groups in total. The van der Waals surface area contributed by atoms with Gasteiger partial charge in [-0.25, -0.2) is 26.6 Å². The smallest absolute Gasteiger partial charge is 0.280 e. The summed E-state index contributed by atoms with van der Waals surface area (Å²) in [5, 5.41) is -1.10. The molecular formula is C6H4ClF3N2O2S. The molecule has 1 aromatic rings. The van der Waals surface area contributed by atoms with E-state index in [-0.39, 0.29) is 0 Å². The first kappa shape index (κ1) is 12.1. The number of nitrogens with two attached hydrogens (primary N) is 1. The Morgan fingerprint density at radius 1 is 1.47 bits per heavy atom. The average Bonchev–Trinajstić information content (AvgIpc) is 2.06.